The Hall–Kier alpha value is -0.120. The fraction of sp³-hybridized carbons (Fsp3) is 1.00. The number of nitrogens with two attached hydrogens (primary N) is 2. The summed E-state index contributed by atoms with van der Waals surface area (Å²) in [5.74, 6) is 0.474. The first-order valence-electron chi connectivity index (χ1n) is 3.37. The minimum Gasteiger partial charge on any atom is -0.326 e. The number of likely N-dealkylation sites (N-methyl/N-ethyl adjacent to an activating group) is 1. The molecule has 3 heteroatoms. The molecule has 2 unspecified atom stereocenters. The SMILES string of the molecule is CNC1C(N)C(C)C1N. The molecule has 0 aromatic heterocycles. The maximum absolute atomic E-state index is 5.72. The molecule has 0 radical (unpaired) electrons. The Balaban J connectivity index is 2.41. The van der Waals surface area contributed by atoms with E-state index in [1.807, 2.05) is 7.05 Å². The molecule has 0 amide bonds. The van der Waals surface area contributed by atoms with Crippen LogP contribution in [0.15, 0.2) is 0 Å². The third kappa shape index (κ3) is 0.852. The molecule has 2 atom stereocenters. The van der Waals surface area contributed by atoms with Crippen LogP contribution in [0.25, 0.3) is 0 Å². The predicted molar refractivity (Wildman–Crippen MR) is 38.0 cm³/mol. The molecule has 9 heavy (non-hydrogen) atoms. The number of rotatable bonds is 1. The standard InChI is InChI=1S/C6H15N3/c1-3-4(7)6(9-2)5(3)8/h3-6,9H,7-8H2,1-2H3. The Kier molecular flexibility index (Phi) is 1.75. The Labute approximate surface area is 55.8 Å². The summed E-state index contributed by atoms with van der Waals surface area (Å²) in [4.78, 5) is 0. The average Bonchev–Trinajstić information content (AvgIpc) is 1.89. The van der Waals surface area contributed by atoms with E-state index in [1.165, 1.54) is 0 Å². The topological polar surface area (TPSA) is 64.1 Å². The molecular formula is C6H15N3. The van der Waals surface area contributed by atoms with Gasteiger partial charge in [-0.1, -0.05) is 6.92 Å². The Bertz CT molecular complexity index is 94.5. The molecule has 5 N–H and O–H groups in total. The van der Waals surface area contributed by atoms with Crippen LogP contribution in [0, 0.1) is 5.92 Å². The lowest BCUT2D eigenvalue weighted by atomic mass is 9.72. The molecule has 1 aliphatic rings. The molecular weight excluding hydrogens is 114 g/mol. The van der Waals surface area contributed by atoms with Gasteiger partial charge in [0.1, 0.15) is 0 Å². The van der Waals surface area contributed by atoms with Gasteiger partial charge in [-0.2, -0.15) is 0 Å². The van der Waals surface area contributed by atoms with Crippen LogP contribution in [0.4, 0.5) is 0 Å². The Morgan fingerprint density at radius 1 is 1.22 bits per heavy atom. The van der Waals surface area contributed by atoms with E-state index in [9.17, 15) is 0 Å². The van der Waals surface area contributed by atoms with E-state index < -0.39 is 0 Å². The van der Waals surface area contributed by atoms with Gasteiger partial charge in [0.25, 0.3) is 0 Å². The molecule has 0 spiro atoms. The summed E-state index contributed by atoms with van der Waals surface area (Å²) in [6, 6.07) is 0.843. The molecule has 1 aliphatic carbocycles. The van der Waals surface area contributed by atoms with E-state index in [-0.39, 0.29) is 12.1 Å². The third-order valence-electron chi connectivity index (χ3n) is 2.38. The van der Waals surface area contributed by atoms with Crippen LogP contribution in [0.3, 0.4) is 0 Å². The lowest BCUT2D eigenvalue weighted by Gasteiger charge is -2.46. The van der Waals surface area contributed by atoms with Gasteiger partial charge in [-0.25, -0.2) is 0 Å². The summed E-state index contributed by atoms with van der Waals surface area (Å²) in [5, 5.41) is 3.08. The van der Waals surface area contributed by atoms with Gasteiger partial charge in [-0.05, 0) is 13.0 Å². The van der Waals surface area contributed by atoms with Crippen molar-refractivity contribution in [2.45, 2.75) is 25.0 Å². The van der Waals surface area contributed by atoms with Crippen LogP contribution < -0.4 is 16.8 Å². The van der Waals surface area contributed by atoms with Crippen molar-refractivity contribution in [2.75, 3.05) is 7.05 Å². The van der Waals surface area contributed by atoms with E-state index in [2.05, 4.69) is 12.2 Å². The number of hydrogen-bond donors (Lipinski definition) is 3. The zero-order chi connectivity index (χ0) is 7.02. The largest absolute Gasteiger partial charge is 0.326 e. The van der Waals surface area contributed by atoms with Crippen molar-refractivity contribution in [1.82, 2.24) is 5.32 Å². The van der Waals surface area contributed by atoms with Crippen LogP contribution in [0.2, 0.25) is 0 Å². The summed E-state index contributed by atoms with van der Waals surface area (Å²) >= 11 is 0. The molecule has 0 aromatic rings. The molecule has 0 saturated heterocycles. The van der Waals surface area contributed by atoms with E-state index >= 15 is 0 Å². The van der Waals surface area contributed by atoms with Gasteiger partial charge >= 0.3 is 0 Å². The molecule has 0 bridgehead atoms. The third-order valence-corrected chi connectivity index (χ3v) is 2.38. The molecule has 1 saturated carbocycles. The molecule has 1 fully saturated rings. The van der Waals surface area contributed by atoms with Crippen molar-refractivity contribution in [3.05, 3.63) is 0 Å². The summed E-state index contributed by atoms with van der Waals surface area (Å²) < 4.78 is 0. The molecule has 1 rings (SSSR count). The Morgan fingerprint density at radius 3 is 1.89 bits per heavy atom. The smallest absolute Gasteiger partial charge is 0.0375 e. The van der Waals surface area contributed by atoms with Gasteiger partial charge < -0.3 is 16.8 Å². The number of hydrogen-bond acceptors (Lipinski definition) is 3. The van der Waals surface area contributed by atoms with Gasteiger partial charge in [-0.3, -0.25) is 0 Å². The summed E-state index contributed by atoms with van der Waals surface area (Å²) in [6.45, 7) is 2.09. The second kappa shape index (κ2) is 2.25. The maximum Gasteiger partial charge on any atom is 0.0375 e. The minimum absolute atomic E-state index is 0.255. The zero-order valence-corrected chi connectivity index (χ0v) is 5.96. The highest BCUT2D eigenvalue weighted by Crippen LogP contribution is 2.23. The van der Waals surface area contributed by atoms with Crippen LogP contribution in [0.5, 0.6) is 0 Å². The second-order valence-electron chi connectivity index (χ2n) is 2.83. The van der Waals surface area contributed by atoms with Gasteiger partial charge in [0.15, 0.2) is 0 Å². The van der Waals surface area contributed by atoms with Crippen LogP contribution in [-0.2, 0) is 0 Å². The van der Waals surface area contributed by atoms with Gasteiger partial charge in [-0.15, -0.1) is 0 Å². The minimum atomic E-state index is 0.255. The van der Waals surface area contributed by atoms with Crippen molar-refractivity contribution >= 4 is 0 Å². The molecule has 3 nitrogen and oxygen atoms in total. The van der Waals surface area contributed by atoms with Crippen LogP contribution >= 0.6 is 0 Å². The fourth-order valence-corrected chi connectivity index (χ4v) is 1.41. The Morgan fingerprint density at radius 2 is 1.67 bits per heavy atom. The molecule has 0 aromatic carbocycles. The first-order valence-corrected chi connectivity index (χ1v) is 3.37. The van der Waals surface area contributed by atoms with Gasteiger partial charge in [0.05, 0.1) is 0 Å². The lowest BCUT2D eigenvalue weighted by Crippen LogP contribution is -2.71. The highest BCUT2D eigenvalue weighted by Gasteiger charge is 2.42. The fourth-order valence-electron chi connectivity index (χ4n) is 1.41. The highest BCUT2D eigenvalue weighted by molar-refractivity contribution is 5.05. The van der Waals surface area contributed by atoms with E-state index in [0.29, 0.717) is 12.0 Å². The van der Waals surface area contributed by atoms with Gasteiger partial charge in [0, 0.05) is 18.1 Å². The summed E-state index contributed by atoms with van der Waals surface area (Å²) in [6.07, 6.45) is 0. The van der Waals surface area contributed by atoms with Crippen molar-refractivity contribution in [2.24, 2.45) is 17.4 Å². The maximum atomic E-state index is 5.72. The van der Waals surface area contributed by atoms with E-state index in [1.54, 1.807) is 0 Å². The normalized spacial score (nSPS) is 50.7. The highest BCUT2D eigenvalue weighted by atomic mass is 15.0. The monoisotopic (exact) mass is 129 g/mol. The van der Waals surface area contributed by atoms with Crippen molar-refractivity contribution in [1.29, 1.82) is 0 Å². The lowest BCUT2D eigenvalue weighted by molar-refractivity contribution is 0.158. The zero-order valence-electron chi connectivity index (χ0n) is 5.96. The van der Waals surface area contributed by atoms with Crippen molar-refractivity contribution in [3.63, 3.8) is 0 Å². The molecule has 0 heterocycles. The molecule has 0 aliphatic heterocycles. The first kappa shape index (κ1) is 6.99. The second-order valence-corrected chi connectivity index (χ2v) is 2.83. The summed E-state index contributed by atoms with van der Waals surface area (Å²) in [7, 11) is 1.90. The first-order chi connectivity index (χ1) is 4.18. The quantitative estimate of drug-likeness (QED) is 0.420. The van der Waals surface area contributed by atoms with Crippen molar-refractivity contribution < 1.29 is 0 Å². The van der Waals surface area contributed by atoms with Crippen LogP contribution in [0.1, 0.15) is 6.92 Å². The summed E-state index contributed by atoms with van der Waals surface area (Å²) in [5.41, 5.74) is 11.4. The van der Waals surface area contributed by atoms with E-state index in [0.717, 1.165) is 0 Å². The number of nitrogens with one attached hydrogen (secondary N) is 1. The predicted octanol–water partition coefficient (Wildman–Crippen LogP) is -1.12. The molecule has 54 valence electrons. The average molecular weight is 129 g/mol. The van der Waals surface area contributed by atoms with E-state index in [4.69, 9.17) is 11.5 Å². The van der Waals surface area contributed by atoms with Crippen molar-refractivity contribution in [3.8, 4) is 0 Å². The van der Waals surface area contributed by atoms with Gasteiger partial charge in [0.2, 0.25) is 0 Å². The van der Waals surface area contributed by atoms with Crippen LogP contribution in [-0.4, -0.2) is 25.2 Å².